The molecule has 25 heavy (non-hydrogen) atoms. The summed E-state index contributed by atoms with van der Waals surface area (Å²) in [4.78, 5) is 2.05. The Morgan fingerprint density at radius 1 is 1.12 bits per heavy atom. The van der Waals surface area contributed by atoms with Crippen LogP contribution in [0, 0.1) is 5.82 Å². The molecule has 2 heterocycles. The van der Waals surface area contributed by atoms with Crippen LogP contribution in [0.2, 0.25) is 0 Å². The fourth-order valence-corrected chi connectivity index (χ4v) is 5.08. The van der Waals surface area contributed by atoms with Crippen molar-refractivity contribution in [3.8, 4) is 0 Å². The fourth-order valence-electron chi connectivity index (χ4n) is 3.26. The predicted molar refractivity (Wildman–Crippen MR) is 98.7 cm³/mol. The molecule has 3 rings (SSSR count). The number of rotatable bonds is 6. The zero-order valence-electron chi connectivity index (χ0n) is 14.0. The van der Waals surface area contributed by atoms with Gasteiger partial charge in [-0.1, -0.05) is 25.0 Å². The average molecular weight is 383 g/mol. The molecule has 1 aliphatic rings. The Morgan fingerprint density at radius 3 is 2.48 bits per heavy atom. The van der Waals surface area contributed by atoms with Crippen molar-refractivity contribution in [2.24, 2.45) is 0 Å². The van der Waals surface area contributed by atoms with E-state index in [4.69, 9.17) is 0 Å². The first-order valence-corrected chi connectivity index (χ1v) is 11.0. The largest absolute Gasteiger partial charge is 0.295 e. The molecule has 1 saturated heterocycles. The van der Waals surface area contributed by atoms with Crippen molar-refractivity contribution >= 4 is 21.4 Å². The molecule has 1 atom stereocenters. The Balaban J connectivity index is 1.77. The monoisotopic (exact) mass is 382 g/mol. The van der Waals surface area contributed by atoms with E-state index >= 15 is 0 Å². The van der Waals surface area contributed by atoms with Gasteiger partial charge in [0, 0.05) is 12.6 Å². The van der Waals surface area contributed by atoms with Crippen LogP contribution in [0.4, 0.5) is 4.39 Å². The van der Waals surface area contributed by atoms with Crippen LogP contribution >= 0.6 is 11.3 Å². The highest BCUT2D eigenvalue weighted by Crippen LogP contribution is 2.26. The lowest BCUT2D eigenvalue weighted by Gasteiger charge is -2.30. The summed E-state index contributed by atoms with van der Waals surface area (Å²) in [5.41, 5.74) is 1.11. The first kappa shape index (κ1) is 18.5. The van der Waals surface area contributed by atoms with Crippen LogP contribution in [-0.4, -0.2) is 33.0 Å². The molecule has 7 heteroatoms. The standard InChI is InChI=1S/C18H23FN2O2S2/c19-16-7-3-4-8-18(16)25(22,23)20-13-17(15-9-12-24-14-15)21-10-5-1-2-6-11-21/h3-4,7-9,12,14,17,20H,1-2,5-6,10-11,13H2/t17-/m0/s1. The second kappa shape index (κ2) is 8.40. The van der Waals surface area contributed by atoms with Crippen LogP contribution in [-0.2, 0) is 10.0 Å². The molecule has 1 aromatic carbocycles. The second-order valence-corrected chi connectivity index (χ2v) is 8.82. The summed E-state index contributed by atoms with van der Waals surface area (Å²) in [6, 6.07) is 7.49. The number of sulfonamides is 1. The van der Waals surface area contributed by atoms with Crippen molar-refractivity contribution in [2.75, 3.05) is 19.6 Å². The maximum absolute atomic E-state index is 13.9. The summed E-state index contributed by atoms with van der Waals surface area (Å²) in [6.07, 6.45) is 4.68. The maximum atomic E-state index is 13.9. The Kier molecular flexibility index (Phi) is 6.22. The van der Waals surface area contributed by atoms with Crippen molar-refractivity contribution in [3.05, 3.63) is 52.5 Å². The molecule has 4 nitrogen and oxygen atoms in total. The molecule has 0 aliphatic carbocycles. The smallest absolute Gasteiger partial charge is 0.243 e. The zero-order valence-corrected chi connectivity index (χ0v) is 15.7. The van der Waals surface area contributed by atoms with Crippen LogP contribution in [0.25, 0.3) is 0 Å². The molecule has 0 saturated carbocycles. The molecule has 2 aromatic rings. The molecule has 0 unspecified atom stereocenters. The summed E-state index contributed by atoms with van der Waals surface area (Å²) in [5.74, 6) is -0.725. The van der Waals surface area contributed by atoms with Gasteiger partial charge in [0.1, 0.15) is 10.7 Å². The molecule has 1 aromatic heterocycles. The SMILES string of the molecule is O=S(=O)(NC[C@@H](c1ccsc1)N1CCCCCC1)c1ccccc1F. The number of halogens is 1. The summed E-state index contributed by atoms with van der Waals surface area (Å²) in [6.45, 7) is 2.16. The molecular formula is C18H23FN2O2S2. The number of thiophene rings is 1. The highest BCUT2D eigenvalue weighted by atomic mass is 32.2. The normalized spacial score (nSPS) is 18.0. The number of nitrogens with one attached hydrogen (secondary N) is 1. The van der Waals surface area contributed by atoms with E-state index < -0.39 is 15.8 Å². The van der Waals surface area contributed by atoms with Gasteiger partial charge in [0.2, 0.25) is 10.0 Å². The molecular weight excluding hydrogens is 359 g/mol. The Morgan fingerprint density at radius 2 is 1.84 bits per heavy atom. The van der Waals surface area contributed by atoms with Gasteiger partial charge in [0.15, 0.2) is 0 Å². The molecule has 1 fully saturated rings. The number of benzene rings is 1. The van der Waals surface area contributed by atoms with E-state index in [1.807, 2.05) is 11.4 Å². The summed E-state index contributed by atoms with van der Waals surface area (Å²) >= 11 is 1.61. The van der Waals surface area contributed by atoms with Crippen molar-refractivity contribution in [1.29, 1.82) is 0 Å². The highest BCUT2D eigenvalue weighted by Gasteiger charge is 2.25. The minimum atomic E-state index is -3.87. The lowest BCUT2D eigenvalue weighted by molar-refractivity contribution is 0.206. The van der Waals surface area contributed by atoms with E-state index in [0.717, 1.165) is 31.5 Å². The minimum absolute atomic E-state index is 0.0223. The topological polar surface area (TPSA) is 49.4 Å². The molecule has 0 spiro atoms. The predicted octanol–water partition coefficient (Wildman–Crippen LogP) is 3.78. The summed E-state index contributed by atoms with van der Waals surface area (Å²) in [7, 11) is -3.87. The third kappa shape index (κ3) is 4.67. The van der Waals surface area contributed by atoms with Crippen LogP contribution in [0.5, 0.6) is 0 Å². The van der Waals surface area contributed by atoms with Crippen molar-refractivity contribution in [1.82, 2.24) is 9.62 Å². The van der Waals surface area contributed by atoms with E-state index in [-0.39, 0.29) is 17.5 Å². The van der Waals surface area contributed by atoms with E-state index in [2.05, 4.69) is 15.0 Å². The van der Waals surface area contributed by atoms with Crippen LogP contribution in [0.1, 0.15) is 37.3 Å². The average Bonchev–Trinajstić information content (AvgIpc) is 2.98. The number of hydrogen-bond donors (Lipinski definition) is 1. The first-order valence-electron chi connectivity index (χ1n) is 8.58. The molecule has 0 bridgehead atoms. The van der Waals surface area contributed by atoms with Gasteiger partial charge in [0.25, 0.3) is 0 Å². The summed E-state index contributed by atoms with van der Waals surface area (Å²) in [5, 5.41) is 4.07. The molecule has 1 N–H and O–H groups in total. The van der Waals surface area contributed by atoms with Gasteiger partial charge in [-0.3, -0.25) is 4.90 Å². The molecule has 0 radical (unpaired) electrons. The van der Waals surface area contributed by atoms with Crippen molar-refractivity contribution in [3.63, 3.8) is 0 Å². The fraction of sp³-hybridized carbons (Fsp3) is 0.444. The van der Waals surface area contributed by atoms with Crippen LogP contribution in [0.3, 0.4) is 0 Å². The Bertz CT molecular complexity index is 770. The van der Waals surface area contributed by atoms with Crippen molar-refractivity contribution < 1.29 is 12.8 Å². The third-order valence-electron chi connectivity index (χ3n) is 4.60. The van der Waals surface area contributed by atoms with Gasteiger partial charge < -0.3 is 0 Å². The molecule has 0 amide bonds. The van der Waals surface area contributed by atoms with Gasteiger partial charge in [-0.2, -0.15) is 11.3 Å². The quantitative estimate of drug-likeness (QED) is 0.827. The van der Waals surface area contributed by atoms with Gasteiger partial charge in [-0.25, -0.2) is 17.5 Å². The van der Waals surface area contributed by atoms with E-state index in [9.17, 15) is 12.8 Å². The molecule has 1 aliphatic heterocycles. The maximum Gasteiger partial charge on any atom is 0.243 e. The second-order valence-electron chi connectivity index (χ2n) is 6.30. The molecule has 136 valence electrons. The van der Waals surface area contributed by atoms with E-state index in [0.29, 0.717) is 0 Å². The van der Waals surface area contributed by atoms with Crippen LogP contribution < -0.4 is 4.72 Å². The zero-order chi connectivity index (χ0) is 17.7. The lowest BCUT2D eigenvalue weighted by atomic mass is 10.1. The first-order chi connectivity index (χ1) is 12.1. The lowest BCUT2D eigenvalue weighted by Crippen LogP contribution is -2.38. The van der Waals surface area contributed by atoms with E-state index in [1.165, 1.54) is 37.1 Å². The Labute approximate surface area is 152 Å². The van der Waals surface area contributed by atoms with E-state index in [1.54, 1.807) is 11.3 Å². The number of hydrogen-bond acceptors (Lipinski definition) is 4. The van der Waals surface area contributed by atoms with Crippen molar-refractivity contribution in [2.45, 2.75) is 36.6 Å². The third-order valence-corrected chi connectivity index (χ3v) is 6.76. The minimum Gasteiger partial charge on any atom is -0.295 e. The van der Waals surface area contributed by atoms with Gasteiger partial charge >= 0.3 is 0 Å². The van der Waals surface area contributed by atoms with Gasteiger partial charge in [-0.15, -0.1) is 0 Å². The Hall–Kier alpha value is -1.28. The summed E-state index contributed by atoms with van der Waals surface area (Å²) < 4.78 is 41.5. The van der Waals surface area contributed by atoms with Crippen LogP contribution in [0.15, 0.2) is 46.0 Å². The van der Waals surface area contributed by atoms with Gasteiger partial charge in [-0.05, 0) is 60.5 Å². The number of nitrogens with zero attached hydrogens (tertiary/aromatic N) is 1. The van der Waals surface area contributed by atoms with Gasteiger partial charge in [0.05, 0.1) is 0 Å². The highest BCUT2D eigenvalue weighted by molar-refractivity contribution is 7.89. The number of likely N-dealkylation sites (tertiary alicyclic amines) is 1.